The molecule has 2 aromatic rings. The Bertz CT molecular complexity index is 668. The number of aliphatic hydroxyl groups excluding tert-OH is 1. The second-order valence-corrected chi connectivity index (χ2v) is 7.02. The summed E-state index contributed by atoms with van der Waals surface area (Å²) in [5.74, 6) is 1.49. The molecule has 0 amide bonds. The van der Waals surface area contributed by atoms with Gasteiger partial charge in [0, 0.05) is 18.1 Å². The van der Waals surface area contributed by atoms with Gasteiger partial charge in [0.05, 0.1) is 6.61 Å². The summed E-state index contributed by atoms with van der Waals surface area (Å²) in [6.07, 6.45) is 6.41. The molecule has 3 rings (SSSR count). The third kappa shape index (κ3) is 6.51. The molecule has 1 fully saturated rings. The summed E-state index contributed by atoms with van der Waals surface area (Å²) in [6, 6.07) is 16.2. The number of Topliss-reactive ketones (excluding diaryl/α,β-unsaturated/α-hetero) is 1. The Morgan fingerprint density at radius 1 is 0.963 bits per heavy atom. The maximum Gasteiger partial charge on any atom is 0.165 e. The first-order chi connectivity index (χ1) is 13.2. The summed E-state index contributed by atoms with van der Waals surface area (Å²) in [5, 5.41) is 7.88. The number of hydrogen-bond donors (Lipinski definition) is 1. The van der Waals surface area contributed by atoms with Crippen molar-refractivity contribution >= 4 is 5.78 Å². The van der Waals surface area contributed by atoms with Gasteiger partial charge in [0.2, 0.25) is 0 Å². The molecule has 0 bridgehead atoms. The highest BCUT2D eigenvalue weighted by molar-refractivity contribution is 5.98. The van der Waals surface area contributed by atoms with Crippen molar-refractivity contribution < 1.29 is 14.6 Å². The second kappa shape index (κ2) is 11.6. The van der Waals surface area contributed by atoms with Gasteiger partial charge in [0.1, 0.15) is 5.75 Å². The summed E-state index contributed by atoms with van der Waals surface area (Å²) in [4.78, 5) is 12.2. The van der Waals surface area contributed by atoms with Crippen LogP contribution in [0.15, 0.2) is 48.5 Å². The van der Waals surface area contributed by atoms with E-state index in [-0.39, 0.29) is 5.92 Å². The average Bonchev–Trinajstić information content (AvgIpc) is 2.68. The van der Waals surface area contributed by atoms with Crippen molar-refractivity contribution in [2.24, 2.45) is 5.92 Å². The van der Waals surface area contributed by atoms with Gasteiger partial charge in [0.15, 0.2) is 5.78 Å². The average molecular weight is 369 g/mol. The van der Waals surface area contributed by atoms with Gasteiger partial charge in [0.25, 0.3) is 0 Å². The molecule has 1 aliphatic rings. The maximum atomic E-state index is 12.2. The molecule has 3 nitrogen and oxygen atoms in total. The van der Waals surface area contributed by atoms with E-state index in [0.29, 0.717) is 12.4 Å². The molecule has 1 aliphatic carbocycles. The Kier molecular flexibility index (Phi) is 9.06. The van der Waals surface area contributed by atoms with E-state index in [1.807, 2.05) is 43.3 Å². The number of carbonyl (C=O) groups is 1. The van der Waals surface area contributed by atoms with E-state index < -0.39 is 0 Å². The van der Waals surface area contributed by atoms with Gasteiger partial charge in [-0.25, -0.2) is 0 Å². The predicted molar refractivity (Wildman–Crippen MR) is 111 cm³/mol. The lowest BCUT2D eigenvalue weighted by atomic mass is 9.80. The van der Waals surface area contributed by atoms with Crippen molar-refractivity contribution in [2.75, 3.05) is 13.2 Å². The van der Waals surface area contributed by atoms with Crippen LogP contribution >= 0.6 is 0 Å². The van der Waals surface area contributed by atoms with E-state index in [1.54, 1.807) is 0 Å². The molecule has 0 aliphatic heterocycles. The van der Waals surface area contributed by atoms with Crippen LogP contribution in [0.4, 0.5) is 0 Å². The number of ketones is 1. The molecule has 0 unspecified atom stereocenters. The van der Waals surface area contributed by atoms with Crippen molar-refractivity contribution in [3.63, 3.8) is 0 Å². The molecule has 0 atom stereocenters. The summed E-state index contributed by atoms with van der Waals surface area (Å²) >= 11 is 0. The minimum Gasteiger partial charge on any atom is -0.494 e. The first-order valence-electron chi connectivity index (χ1n) is 10.2. The molecule has 0 heterocycles. The number of ether oxygens (including phenoxy) is 1. The molecule has 0 radical (unpaired) electrons. The van der Waals surface area contributed by atoms with Gasteiger partial charge in [-0.2, -0.15) is 0 Å². The molecule has 1 saturated carbocycles. The number of benzene rings is 2. The normalized spacial score (nSPS) is 13.3. The molecular weight excluding hydrogens is 336 g/mol. The quantitative estimate of drug-likeness (QED) is 0.466. The summed E-state index contributed by atoms with van der Waals surface area (Å²) in [5.41, 5.74) is 3.13. The fraction of sp³-hybridized carbons (Fsp3) is 0.458. The van der Waals surface area contributed by atoms with Crippen LogP contribution in [-0.4, -0.2) is 24.1 Å². The smallest absolute Gasteiger partial charge is 0.165 e. The van der Waals surface area contributed by atoms with E-state index in [9.17, 15) is 4.79 Å². The lowest BCUT2D eigenvalue weighted by Crippen LogP contribution is -2.21. The van der Waals surface area contributed by atoms with E-state index >= 15 is 0 Å². The van der Waals surface area contributed by atoms with Gasteiger partial charge in [-0.05, 0) is 48.9 Å². The third-order valence-electron chi connectivity index (χ3n) is 4.82. The van der Waals surface area contributed by atoms with E-state index in [4.69, 9.17) is 9.84 Å². The zero-order chi connectivity index (χ0) is 19.5. The van der Waals surface area contributed by atoms with E-state index in [0.717, 1.165) is 61.2 Å². The van der Waals surface area contributed by atoms with Gasteiger partial charge in [-0.1, -0.05) is 63.1 Å². The monoisotopic (exact) mass is 368 g/mol. The molecule has 3 heteroatoms. The Labute approximate surface area is 163 Å². The number of rotatable bonds is 8. The van der Waals surface area contributed by atoms with Crippen LogP contribution in [0.25, 0.3) is 11.1 Å². The fourth-order valence-corrected chi connectivity index (χ4v) is 2.81. The lowest BCUT2D eigenvalue weighted by molar-refractivity contribution is 0.0855. The van der Waals surface area contributed by atoms with Crippen LogP contribution in [0.3, 0.4) is 0 Å². The minimum atomic E-state index is 0.264. The van der Waals surface area contributed by atoms with Gasteiger partial charge in [-0.3, -0.25) is 4.79 Å². The Hall–Kier alpha value is -2.13. The number of hydrogen-bond acceptors (Lipinski definition) is 3. The molecule has 0 saturated heterocycles. The van der Waals surface area contributed by atoms with Crippen molar-refractivity contribution in [3.05, 3.63) is 54.1 Å². The van der Waals surface area contributed by atoms with Crippen LogP contribution in [0.2, 0.25) is 0 Å². The summed E-state index contributed by atoms with van der Waals surface area (Å²) in [6.45, 7) is 5.18. The van der Waals surface area contributed by atoms with Crippen molar-refractivity contribution in [1.29, 1.82) is 0 Å². The fourth-order valence-electron chi connectivity index (χ4n) is 2.81. The Morgan fingerprint density at radius 3 is 1.96 bits per heavy atom. The number of unbranched alkanes of at least 4 members (excludes halogenated alkanes) is 1. The van der Waals surface area contributed by atoms with Gasteiger partial charge < -0.3 is 9.84 Å². The minimum absolute atomic E-state index is 0.264. The summed E-state index contributed by atoms with van der Waals surface area (Å²) < 4.78 is 5.69. The Balaban J connectivity index is 0.000000596. The van der Waals surface area contributed by atoms with Crippen LogP contribution < -0.4 is 4.74 Å². The molecule has 27 heavy (non-hydrogen) atoms. The van der Waals surface area contributed by atoms with Crippen LogP contribution in [0.5, 0.6) is 5.75 Å². The highest BCUT2D eigenvalue weighted by Crippen LogP contribution is 2.30. The number of aliphatic hydroxyl groups is 1. The highest BCUT2D eigenvalue weighted by atomic mass is 16.5. The van der Waals surface area contributed by atoms with Crippen LogP contribution in [-0.2, 0) is 0 Å². The first-order valence-corrected chi connectivity index (χ1v) is 10.2. The molecule has 0 spiro atoms. The predicted octanol–water partition coefficient (Wildman–Crippen LogP) is 5.90. The van der Waals surface area contributed by atoms with Crippen molar-refractivity contribution in [3.8, 4) is 16.9 Å². The SMILES string of the molecule is CCCCOc1ccc(-c2ccc(C(=O)C3CCC3)cc2)cc1.CCCO. The van der Waals surface area contributed by atoms with Crippen LogP contribution in [0, 0.1) is 5.92 Å². The van der Waals surface area contributed by atoms with E-state index in [2.05, 4.69) is 19.1 Å². The third-order valence-corrected chi connectivity index (χ3v) is 4.82. The highest BCUT2D eigenvalue weighted by Gasteiger charge is 2.25. The molecular formula is C24H32O3. The maximum absolute atomic E-state index is 12.2. The zero-order valence-electron chi connectivity index (χ0n) is 16.6. The largest absolute Gasteiger partial charge is 0.494 e. The van der Waals surface area contributed by atoms with Crippen molar-refractivity contribution in [2.45, 2.75) is 52.4 Å². The number of carbonyl (C=O) groups excluding carboxylic acids is 1. The van der Waals surface area contributed by atoms with Gasteiger partial charge in [-0.15, -0.1) is 0 Å². The van der Waals surface area contributed by atoms with E-state index in [1.165, 1.54) is 6.42 Å². The standard InChI is InChI=1S/C21H24O2.C3H8O/c1-2-3-15-23-20-13-11-17(12-14-20)16-7-9-19(10-8-16)21(22)18-5-4-6-18;1-2-3-4/h7-14,18H,2-6,15H2,1H3;4H,2-3H2,1H3. The van der Waals surface area contributed by atoms with Gasteiger partial charge >= 0.3 is 0 Å². The van der Waals surface area contributed by atoms with Crippen LogP contribution in [0.1, 0.15) is 62.7 Å². The lowest BCUT2D eigenvalue weighted by Gasteiger charge is -2.23. The molecule has 1 N–H and O–H groups in total. The molecule has 146 valence electrons. The van der Waals surface area contributed by atoms with Crippen molar-refractivity contribution in [1.82, 2.24) is 0 Å². The topological polar surface area (TPSA) is 46.5 Å². The Morgan fingerprint density at radius 2 is 1.52 bits per heavy atom. The molecule has 2 aromatic carbocycles. The first kappa shape index (κ1) is 21.2. The molecule has 0 aromatic heterocycles. The zero-order valence-corrected chi connectivity index (χ0v) is 16.6. The summed E-state index contributed by atoms with van der Waals surface area (Å²) in [7, 11) is 0. The second-order valence-electron chi connectivity index (χ2n) is 7.02.